The van der Waals surface area contributed by atoms with E-state index in [0.29, 0.717) is 25.3 Å². The van der Waals surface area contributed by atoms with Gasteiger partial charge in [-0.2, -0.15) is 5.10 Å². The van der Waals surface area contributed by atoms with Crippen LogP contribution in [0.5, 0.6) is 0 Å². The Kier molecular flexibility index (Phi) is 4.61. The Labute approximate surface area is 121 Å². The van der Waals surface area contributed by atoms with E-state index in [0.717, 1.165) is 6.54 Å². The molecule has 110 valence electrons. The summed E-state index contributed by atoms with van der Waals surface area (Å²) in [6, 6.07) is -0.393. The maximum atomic E-state index is 12.1. The molecule has 7 nitrogen and oxygen atoms in total. The predicted molar refractivity (Wildman–Crippen MR) is 77.2 cm³/mol. The van der Waals surface area contributed by atoms with Crippen molar-refractivity contribution in [2.45, 2.75) is 13.0 Å². The Morgan fingerprint density at radius 3 is 3.10 bits per heavy atom. The van der Waals surface area contributed by atoms with Crippen molar-refractivity contribution < 1.29 is 4.79 Å². The average Bonchev–Trinajstić information content (AvgIpc) is 2.45. The molecule has 1 saturated heterocycles. The molecule has 20 heavy (non-hydrogen) atoms. The van der Waals surface area contributed by atoms with Crippen LogP contribution < -0.4 is 21.1 Å². The number of carbonyl (C=O) groups is 1. The summed E-state index contributed by atoms with van der Waals surface area (Å²) in [5.74, 6) is -0.0866. The van der Waals surface area contributed by atoms with Gasteiger partial charge in [0.15, 0.2) is 0 Å². The molecule has 1 amide bonds. The van der Waals surface area contributed by atoms with Gasteiger partial charge in [-0.15, -0.1) is 0 Å². The average molecular weight is 300 g/mol. The Balaban J connectivity index is 2.35. The molecule has 0 saturated carbocycles. The van der Waals surface area contributed by atoms with Crippen molar-refractivity contribution in [2.24, 2.45) is 7.05 Å². The van der Waals surface area contributed by atoms with Gasteiger partial charge in [-0.25, -0.2) is 4.68 Å². The number of halogens is 1. The number of nitrogens with one attached hydrogen (secondary N) is 2. The van der Waals surface area contributed by atoms with Gasteiger partial charge in [-0.1, -0.05) is 11.6 Å². The van der Waals surface area contributed by atoms with E-state index in [1.165, 1.54) is 17.9 Å². The van der Waals surface area contributed by atoms with Crippen molar-refractivity contribution in [1.82, 2.24) is 20.4 Å². The number of rotatable bonds is 3. The summed E-state index contributed by atoms with van der Waals surface area (Å²) in [6.07, 6.45) is 1.53. The maximum absolute atomic E-state index is 12.1. The number of aryl methyl sites for hydroxylation is 1. The molecule has 0 aliphatic carbocycles. The van der Waals surface area contributed by atoms with E-state index < -0.39 is 6.04 Å². The van der Waals surface area contributed by atoms with Gasteiger partial charge in [0.05, 0.1) is 11.9 Å². The first-order chi connectivity index (χ1) is 9.56. The van der Waals surface area contributed by atoms with Crippen LogP contribution >= 0.6 is 11.6 Å². The molecule has 2 heterocycles. The smallest absolute Gasteiger partial charge is 0.287 e. The zero-order chi connectivity index (χ0) is 14.7. The Bertz CT molecular complexity index is 559. The molecule has 1 atom stereocenters. The summed E-state index contributed by atoms with van der Waals surface area (Å²) in [6.45, 7) is 4.26. The summed E-state index contributed by atoms with van der Waals surface area (Å²) in [4.78, 5) is 25.8. The van der Waals surface area contributed by atoms with E-state index in [1.807, 2.05) is 11.8 Å². The minimum absolute atomic E-state index is 0.0866. The topological polar surface area (TPSA) is 79.3 Å². The lowest BCUT2D eigenvalue weighted by Crippen LogP contribution is -2.58. The highest BCUT2D eigenvalue weighted by molar-refractivity contribution is 6.33. The predicted octanol–water partition coefficient (Wildman–Crippen LogP) is -0.652. The van der Waals surface area contributed by atoms with Crippen LogP contribution in [0, 0.1) is 0 Å². The van der Waals surface area contributed by atoms with E-state index >= 15 is 0 Å². The molecule has 2 rings (SSSR count). The molecule has 1 aromatic rings. The molecule has 8 heteroatoms. The van der Waals surface area contributed by atoms with Crippen molar-refractivity contribution in [3.8, 4) is 0 Å². The number of likely N-dealkylation sites (N-methyl/N-ethyl adjacent to an activating group) is 1. The zero-order valence-corrected chi connectivity index (χ0v) is 12.3. The third-order valence-electron chi connectivity index (χ3n) is 3.27. The van der Waals surface area contributed by atoms with Crippen LogP contribution in [0.1, 0.15) is 6.92 Å². The molecule has 0 radical (unpaired) electrons. The molecular formula is C12H18ClN5O2. The highest BCUT2D eigenvalue weighted by atomic mass is 35.5. The van der Waals surface area contributed by atoms with Crippen LogP contribution in [0.15, 0.2) is 11.0 Å². The SMILES string of the molecule is CCNC(=O)C1CNCCN1c1cnn(C)c(=O)c1Cl. The maximum Gasteiger partial charge on any atom is 0.287 e. The molecule has 1 unspecified atom stereocenters. The number of amides is 1. The van der Waals surface area contributed by atoms with Gasteiger partial charge in [0.25, 0.3) is 5.56 Å². The van der Waals surface area contributed by atoms with Crippen molar-refractivity contribution in [3.05, 3.63) is 21.6 Å². The first-order valence-electron chi connectivity index (χ1n) is 6.53. The van der Waals surface area contributed by atoms with Gasteiger partial charge < -0.3 is 15.5 Å². The van der Waals surface area contributed by atoms with E-state index in [4.69, 9.17) is 11.6 Å². The molecule has 2 N–H and O–H groups in total. The van der Waals surface area contributed by atoms with Crippen molar-refractivity contribution in [2.75, 3.05) is 31.1 Å². The number of anilines is 1. The van der Waals surface area contributed by atoms with Crippen LogP contribution in [0.2, 0.25) is 5.02 Å². The normalized spacial score (nSPS) is 18.9. The second-order valence-electron chi connectivity index (χ2n) is 4.58. The van der Waals surface area contributed by atoms with Crippen LogP contribution in [-0.2, 0) is 11.8 Å². The summed E-state index contributed by atoms with van der Waals surface area (Å²) >= 11 is 6.11. The minimum atomic E-state index is -0.393. The van der Waals surface area contributed by atoms with E-state index in [1.54, 1.807) is 0 Å². The number of carbonyl (C=O) groups excluding carboxylic acids is 1. The zero-order valence-electron chi connectivity index (χ0n) is 11.5. The summed E-state index contributed by atoms with van der Waals surface area (Å²) in [5.41, 5.74) is 0.143. The van der Waals surface area contributed by atoms with Crippen LogP contribution in [0.25, 0.3) is 0 Å². The van der Waals surface area contributed by atoms with Gasteiger partial charge in [0.2, 0.25) is 5.91 Å². The molecule has 1 aliphatic rings. The lowest BCUT2D eigenvalue weighted by atomic mass is 10.1. The van der Waals surface area contributed by atoms with E-state index in [2.05, 4.69) is 15.7 Å². The van der Waals surface area contributed by atoms with Crippen LogP contribution in [0.3, 0.4) is 0 Å². The second kappa shape index (κ2) is 6.23. The highest BCUT2D eigenvalue weighted by Crippen LogP contribution is 2.23. The Hall–Kier alpha value is -1.60. The van der Waals surface area contributed by atoms with Crippen molar-refractivity contribution in [3.63, 3.8) is 0 Å². The largest absolute Gasteiger partial charge is 0.355 e. The quantitative estimate of drug-likeness (QED) is 0.775. The number of nitrogens with zero attached hydrogens (tertiary/aromatic N) is 3. The fraction of sp³-hybridized carbons (Fsp3) is 0.583. The number of hydrogen-bond acceptors (Lipinski definition) is 5. The third-order valence-corrected chi connectivity index (χ3v) is 3.62. The first kappa shape index (κ1) is 14.8. The number of hydrogen-bond donors (Lipinski definition) is 2. The lowest BCUT2D eigenvalue weighted by molar-refractivity contribution is -0.122. The number of piperazine rings is 1. The summed E-state index contributed by atoms with van der Waals surface area (Å²) in [7, 11) is 1.54. The molecule has 1 aromatic heterocycles. The van der Waals surface area contributed by atoms with Crippen molar-refractivity contribution in [1.29, 1.82) is 0 Å². The van der Waals surface area contributed by atoms with Gasteiger partial charge in [0.1, 0.15) is 11.1 Å². The monoisotopic (exact) mass is 299 g/mol. The minimum Gasteiger partial charge on any atom is -0.355 e. The van der Waals surface area contributed by atoms with Crippen molar-refractivity contribution >= 4 is 23.2 Å². The fourth-order valence-electron chi connectivity index (χ4n) is 2.22. The Morgan fingerprint density at radius 2 is 2.40 bits per heavy atom. The molecule has 1 fully saturated rings. The molecule has 1 aliphatic heterocycles. The summed E-state index contributed by atoms with van der Waals surface area (Å²) < 4.78 is 1.18. The first-order valence-corrected chi connectivity index (χ1v) is 6.91. The van der Waals surface area contributed by atoms with Gasteiger partial charge in [-0.05, 0) is 6.92 Å². The standard InChI is InChI=1S/C12H18ClN5O2/c1-3-15-11(19)9-6-14-4-5-18(9)8-7-16-17(2)12(20)10(8)13/h7,9,14H,3-6H2,1-2H3,(H,15,19). The van der Waals surface area contributed by atoms with Gasteiger partial charge in [-0.3, -0.25) is 9.59 Å². The molecule has 0 aromatic carbocycles. The third kappa shape index (κ3) is 2.78. The Morgan fingerprint density at radius 1 is 1.65 bits per heavy atom. The summed E-state index contributed by atoms with van der Waals surface area (Å²) in [5, 5.41) is 10.0. The second-order valence-corrected chi connectivity index (χ2v) is 4.96. The van der Waals surface area contributed by atoms with E-state index in [9.17, 15) is 9.59 Å². The van der Waals surface area contributed by atoms with Crippen LogP contribution in [0.4, 0.5) is 5.69 Å². The van der Waals surface area contributed by atoms with Crippen LogP contribution in [-0.4, -0.2) is 47.9 Å². The molecule has 0 spiro atoms. The highest BCUT2D eigenvalue weighted by Gasteiger charge is 2.30. The van der Waals surface area contributed by atoms with Gasteiger partial charge >= 0.3 is 0 Å². The number of aromatic nitrogens is 2. The molecular weight excluding hydrogens is 282 g/mol. The molecule has 0 bridgehead atoms. The lowest BCUT2D eigenvalue weighted by Gasteiger charge is -2.36. The van der Waals surface area contributed by atoms with E-state index in [-0.39, 0.29) is 16.5 Å². The van der Waals surface area contributed by atoms with Gasteiger partial charge in [0, 0.05) is 33.2 Å². The fourth-order valence-corrected chi connectivity index (χ4v) is 2.50.